The van der Waals surface area contributed by atoms with Gasteiger partial charge in [0.15, 0.2) is 6.10 Å². The van der Waals surface area contributed by atoms with Gasteiger partial charge < -0.3 is 9.84 Å². The van der Waals surface area contributed by atoms with Crippen molar-refractivity contribution in [2.45, 2.75) is 32.3 Å². The van der Waals surface area contributed by atoms with Gasteiger partial charge in [-0.3, -0.25) is 15.1 Å². The second-order valence-electron chi connectivity index (χ2n) is 4.14. The van der Waals surface area contributed by atoms with Gasteiger partial charge in [0.1, 0.15) is 5.75 Å². The summed E-state index contributed by atoms with van der Waals surface area (Å²) in [7, 11) is 0. The molecular weight excluding hydrogens is 236 g/mol. The van der Waals surface area contributed by atoms with E-state index in [-0.39, 0.29) is 12.2 Å². The molecule has 1 aromatic rings. The van der Waals surface area contributed by atoms with Gasteiger partial charge in [-0.25, -0.2) is 4.79 Å². The Bertz CT molecular complexity index is 487. The van der Waals surface area contributed by atoms with Crippen LogP contribution in [0.4, 0.5) is 4.79 Å². The third kappa shape index (κ3) is 2.58. The number of cyclic esters (lactones) is 1. The number of aromatic nitrogens is 1. The fourth-order valence-corrected chi connectivity index (χ4v) is 1.90. The summed E-state index contributed by atoms with van der Waals surface area (Å²) < 4.78 is 4.84. The van der Waals surface area contributed by atoms with E-state index in [2.05, 4.69) is 10.3 Å². The van der Waals surface area contributed by atoms with Crippen molar-refractivity contribution in [1.82, 2.24) is 10.3 Å². The number of aryl methyl sites for hydroxylation is 1. The zero-order valence-corrected chi connectivity index (χ0v) is 9.97. The SMILES string of the molecule is CCCc1cc(O)cnc1CC1OC(=O)NC1=O. The summed E-state index contributed by atoms with van der Waals surface area (Å²) >= 11 is 0. The van der Waals surface area contributed by atoms with Gasteiger partial charge in [-0.2, -0.15) is 0 Å². The zero-order valence-electron chi connectivity index (χ0n) is 9.97. The number of rotatable bonds is 4. The highest BCUT2D eigenvalue weighted by molar-refractivity contribution is 6.00. The molecule has 1 aromatic heterocycles. The molecule has 1 unspecified atom stereocenters. The van der Waals surface area contributed by atoms with E-state index in [1.54, 1.807) is 6.07 Å². The van der Waals surface area contributed by atoms with Crippen LogP contribution in [-0.2, 0) is 22.4 Å². The van der Waals surface area contributed by atoms with E-state index < -0.39 is 18.1 Å². The number of hydrogen-bond donors (Lipinski definition) is 2. The number of carbonyl (C=O) groups is 2. The summed E-state index contributed by atoms with van der Waals surface area (Å²) in [6.07, 6.45) is 1.65. The zero-order chi connectivity index (χ0) is 13.1. The molecule has 0 radical (unpaired) electrons. The van der Waals surface area contributed by atoms with Crippen LogP contribution in [0.15, 0.2) is 12.3 Å². The van der Waals surface area contributed by atoms with Crippen molar-refractivity contribution in [1.29, 1.82) is 0 Å². The number of alkyl carbamates (subject to hydrolysis) is 1. The minimum atomic E-state index is -0.829. The summed E-state index contributed by atoms with van der Waals surface area (Å²) in [6.45, 7) is 2.01. The molecule has 1 aliphatic heterocycles. The van der Waals surface area contributed by atoms with Gasteiger partial charge in [0, 0.05) is 12.1 Å². The molecule has 0 spiro atoms. The van der Waals surface area contributed by atoms with Crippen molar-refractivity contribution in [2.75, 3.05) is 0 Å². The van der Waals surface area contributed by atoms with Crippen molar-refractivity contribution >= 4 is 12.0 Å². The Hall–Kier alpha value is -2.11. The van der Waals surface area contributed by atoms with Crippen LogP contribution in [0, 0.1) is 0 Å². The Kier molecular flexibility index (Phi) is 3.45. The molecule has 2 heterocycles. The van der Waals surface area contributed by atoms with Gasteiger partial charge in [-0.15, -0.1) is 0 Å². The van der Waals surface area contributed by atoms with Crippen LogP contribution in [-0.4, -0.2) is 28.2 Å². The lowest BCUT2D eigenvalue weighted by Crippen LogP contribution is -2.26. The first-order valence-corrected chi connectivity index (χ1v) is 5.78. The normalized spacial score (nSPS) is 18.6. The monoisotopic (exact) mass is 250 g/mol. The van der Waals surface area contributed by atoms with Gasteiger partial charge in [0.2, 0.25) is 0 Å². The molecule has 6 nitrogen and oxygen atoms in total. The van der Waals surface area contributed by atoms with E-state index in [1.165, 1.54) is 6.20 Å². The smallest absolute Gasteiger partial charge is 0.414 e. The number of pyridine rings is 1. The molecule has 2 amide bonds. The van der Waals surface area contributed by atoms with Crippen LogP contribution >= 0.6 is 0 Å². The van der Waals surface area contributed by atoms with Gasteiger partial charge in [-0.1, -0.05) is 13.3 Å². The quantitative estimate of drug-likeness (QED) is 0.829. The minimum Gasteiger partial charge on any atom is -0.506 e. The summed E-state index contributed by atoms with van der Waals surface area (Å²) in [4.78, 5) is 26.4. The van der Waals surface area contributed by atoms with Gasteiger partial charge in [0.25, 0.3) is 5.91 Å². The van der Waals surface area contributed by atoms with E-state index in [9.17, 15) is 14.7 Å². The summed E-state index contributed by atoms with van der Waals surface area (Å²) in [5, 5.41) is 11.5. The number of carbonyl (C=O) groups excluding carboxylic acids is 2. The number of imide groups is 1. The number of nitrogens with one attached hydrogen (secondary N) is 1. The highest BCUT2D eigenvalue weighted by Crippen LogP contribution is 2.18. The second-order valence-corrected chi connectivity index (χ2v) is 4.14. The molecule has 2 rings (SSSR count). The Labute approximate surface area is 104 Å². The van der Waals surface area contributed by atoms with Crippen LogP contribution in [0.5, 0.6) is 5.75 Å². The van der Waals surface area contributed by atoms with Gasteiger partial charge >= 0.3 is 6.09 Å². The Morgan fingerprint density at radius 1 is 1.50 bits per heavy atom. The molecular formula is C12H14N2O4. The van der Waals surface area contributed by atoms with Gasteiger partial charge in [0.05, 0.1) is 6.20 Å². The summed E-state index contributed by atoms with van der Waals surface area (Å²) in [5.41, 5.74) is 1.54. The van der Waals surface area contributed by atoms with Gasteiger partial charge in [-0.05, 0) is 18.1 Å². The molecule has 1 saturated heterocycles. The predicted octanol–water partition coefficient (Wildman–Crippen LogP) is 0.917. The van der Waals surface area contributed by atoms with E-state index in [0.29, 0.717) is 5.69 Å². The number of ether oxygens (including phenoxy) is 1. The lowest BCUT2D eigenvalue weighted by Gasteiger charge is -2.10. The molecule has 0 saturated carbocycles. The van der Waals surface area contributed by atoms with Crippen LogP contribution < -0.4 is 5.32 Å². The van der Waals surface area contributed by atoms with Crippen molar-refractivity contribution < 1.29 is 19.4 Å². The lowest BCUT2D eigenvalue weighted by atomic mass is 10.0. The average Bonchev–Trinajstić information content (AvgIpc) is 2.62. The van der Waals surface area contributed by atoms with E-state index in [0.717, 1.165) is 18.4 Å². The van der Waals surface area contributed by atoms with E-state index in [4.69, 9.17) is 4.74 Å². The maximum Gasteiger partial charge on any atom is 0.414 e. The largest absolute Gasteiger partial charge is 0.506 e. The summed E-state index contributed by atoms with van der Waals surface area (Å²) in [6, 6.07) is 1.63. The molecule has 0 bridgehead atoms. The number of nitrogens with zero attached hydrogens (tertiary/aromatic N) is 1. The first kappa shape index (κ1) is 12.3. The number of aromatic hydroxyl groups is 1. The Morgan fingerprint density at radius 2 is 2.28 bits per heavy atom. The average molecular weight is 250 g/mol. The highest BCUT2D eigenvalue weighted by Gasteiger charge is 2.33. The standard InChI is InChI=1S/C12H14N2O4/c1-2-3-7-4-8(15)6-13-9(7)5-10-11(16)14-12(17)18-10/h4,6,10,15H,2-3,5H2,1H3,(H,14,16,17). The fraction of sp³-hybridized carbons (Fsp3) is 0.417. The first-order valence-electron chi connectivity index (χ1n) is 5.78. The lowest BCUT2D eigenvalue weighted by molar-refractivity contribution is -0.123. The molecule has 0 aliphatic carbocycles. The van der Waals surface area contributed by atoms with E-state index >= 15 is 0 Å². The highest BCUT2D eigenvalue weighted by atomic mass is 16.6. The maximum atomic E-state index is 11.4. The van der Waals surface area contributed by atoms with Crippen LogP contribution in [0.2, 0.25) is 0 Å². The van der Waals surface area contributed by atoms with Crippen molar-refractivity contribution in [3.63, 3.8) is 0 Å². The molecule has 1 aliphatic rings. The molecule has 0 aromatic carbocycles. The molecule has 18 heavy (non-hydrogen) atoms. The van der Waals surface area contributed by atoms with Crippen LogP contribution in [0.3, 0.4) is 0 Å². The second kappa shape index (κ2) is 5.03. The fourth-order valence-electron chi connectivity index (χ4n) is 1.90. The molecule has 6 heteroatoms. The van der Waals surface area contributed by atoms with Crippen LogP contribution in [0.25, 0.3) is 0 Å². The topological polar surface area (TPSA) is 88.5 Å². The van der Waals surface area contributed by atoms with Crippen molar-refractivity contribution in [3.8, 4) is 5.75 Å². The number of hydrogen-bond acceptors (Lipinski definition) is 5. The summed E-state index contributed by atoms with van der Waals surface area (Å²) in [5.74, 6) is -0.354. The third-order valence-electron chi connectivity index (χ3n) is 2.71. The molecule has 1 fully saturated rings. The van der Waals surface area contributed by atoms with Crippen LogP contribution in [0.1, 0.15) is 24.6 Å². The third-order valence-corrected chi connectivity index (χ3v) is 2.71. The number of amides is 2. The Morgan fingerprint density at radius 3 is 2.89 bits per heavy atom. The van der Waals surface area contributed by atoms with Crippen molar-refractivity contribution in [3.05, 3.63) is 23.5 Å². The predicted molar refractivity (Wildman–Crippen MR) is 62.0 cm³/mol. The molecule has 96 valence electrons. The van der Waals surface area contributed by atoms with E-state index in [1.807, 2.05) is 6.92 Å². The Balaban J connectivity index is 2.18. The minimum absolute atomic E-state index is 0.0927. The first-order chi connectivity index (χ1) is 8.60. The maximum absolute atomic E-state index is 11.4. The molecule has 2 N–H and O–H groups in total. The van der Waals surface area contributed by atoms with Crippen molar-refractivity contribution in [2.24, 2.45) is 0 Å². The molecule has 1 atom stereocenters.